The molecule has 0 aliphatic carbocycles. The summed E-state index contributed by atoms with van der Waals surface area (Å²) in [5.74, 6) is 3.01. The van der Waals surface area contributed by atoms with Gasteiger partial charge in [0.2, 0.25) is 0 Å². The van der Waals surface area contributed by atoms with Crippen LogP contribution in [0.5, 0.6) is 0 Å². The van der Waals surface area contributed by atoms with Gasteiger partial charge in [0.15, 0.2) is 0 Å². The Hall–Kier alpha value is -1.75. The normalized spacial score (nSPS) is 16.3. The predicted molar refractivity (Wildman–Crippen MR) is 60.4 cm³/mol. The third kappa shape index (κ3) is 2.37. The van der Waals surface area contributed by atoms with E-state index in [9.17, 15) is 0 Å². The molecule has 2 nitrogen and oxygen atoms in total. The Morgan fingerprint density at radius 1 is 1.71 bits per heavy atom. The van der Waals surface area contributed by atoms with Crippen molar-refractivity contribution in [3.8, 4) is 12.3 Å². The lowest BCUT2D eigenvalue weighted by molar-refractivity contribution is 0.484. The third-order valence-electron chi connectivity index (χ3n) is 1.70. The summed E-state index contributed by atoms with van der Waals surface area (Å²) in [5.41, 5.74) is 1.53. The molecule has 0 aromatic heterocycles. The average Bonchev–Trinajstić information content (AvgIpc) is 2.15. The fourth-order valence-corrected chi connectivity index (χ4v) is 1.12. The summed E-state index contributed by atoms with van der Waals surface area (Å²) in [4.78, 5) is 0. The largest absolute Gasteiger partial charge is 0.226 e. The van der Waals surface area contributed by atoms with Crippen molar-refractivity contribution >= 4 is 6.21 Å². The van der Waals surface area contributed by atoms with Crippen molar-refractivity contribution in [3.63, 3.8) is 0 Å². The zero-order valence-corrected chi connectivity index (χ0v) is 8.57. The maximum Gasteiger partial charge on any atom is 0.111 e. The van der Waals surface area contributed by atoms with Crippen LogP contribution >= 0.6 is 0 Å². The van der Waals surface area contributed by atoms with E-state index in [1.54, 1.807) is 11.2 Å². The van der Waals surface area contributed by atoms with Crippen molar-refractivity contribution in [1.82, 2.24) is 5.01 Å². The topological polar surface area (TPSA) is 15.6 Å². The van der Waals surface area contributed by atoms with Gasteiger partial charge in [0.1, 0.15) is 5.70 Å². The summed E-state index contributed by atoms with van der Waals surface area (Å²) in [6, 6.07) is 0. The second kappa shape index (κ2) is 4.48. The Balaban J connectivity index is 2.92. The van der Waals surface area contributed by atoms with E-state index in [2.05, 4.69) is 31.4 Å². The molecule has 0 amide bonds. The number of hydrogen-bond donors (Lipinski definition) is 0. The van der Waals surface area contributed by atoms with Crippen LogP contribution in [0.1, 0.15) is 13.8 Å². The molecule has 0 bridgehead atoms. The van der Waals surface area contributed by atoms with E-state index >= 15 is 0 Å². The molecule has 0 radical (unpaired) electrons. The SMILES string of the molecule is C#C/C(=C/C(C)C)N1N=CC=CC1=C. The van der Waals surface area contributed by atoms with Crippen LogP contribution in [-0.2, 0) is 0 Å². The molecule has 0 aromatic rings. The maximum atomic E-state index is 5.42. The first-order chi connectivity index (χ1) is 6.65. The van der Waals surface area contributed by atoms with E-state index in [1.165, 1.54) is 0 Å². The molecule has 0 unspecified atom stereocenters. The van der Waals surface area contributed by atoms with Gasteiger partial charge in [0, 0.05) is 6.21 Å². The monoisotopic (exact) mass is 186 g/mol. The van der Waals surface area contributed by atoms with Gasteiger partial charge in [-0.25, -0.2) is 5.01 Å². The summed E-state index contributed by atoms with van der Waals surface area (Å²) in [6.45, 7) is 8.01. The highest BCUT2D eigenvalue weighted by atomic mass is 15.5. The summed E-state index contributed by atoms with van der Waals surface area (Å²) in [6.07, 6.45) is 12.8. The van der Waals surface area contributed by atoms with Gasteiger partial charge in [-0.1, -0.05) is 26.3 Å². The molecule has 0 spiro atoms. The molecule has 1 heterocycles. The Morgan fingerprint density at radius 3 is 2.93 bits per heavy atom. The first kappa shape index (κ1) is 10.3. The van der Waals surface area contributed by atoms with Gasteiger partial charge in [-0.3, -0.25) is 0 Å². The van der Waals surface area contributed by atoms with Gasteiger partial charge in [0.05, 0.1) is 5.70 Å². The van der Waals surface area contributed by atoms with E-state index in [0.717, 1.165) is 11.4 Å². The number of hydrogen-bond acceptors (Lipinski definition) is 2. The lowest BCUT2D eigenvalue weighted by Crippen LogP contribution is -2.16. The van der Waals surface area contributed by atoms with Crippen molar-refractivity contribution in [3.05, 3.63) is 36.2 Å². The highest BCUT2D eigenvalue weighted by Crippen LogP contribution is 2.16. The number of terminal acetylenes is 1. The van der Waals surface area contributed by atoms with E-state index in [-0.39, 0.29) is 0 Å². The van der Waals surface area contributed by atoms with E-state index in [1.807, 2.05) is 18.2 Å². The maximum absolute atomic E-state index is 5.42. The van der Waals surface area contributed by atoms with Gasteiger partial charge in [0.25, 0.3) is 0 Å². The Morgan fingerprint density at radius 2 is 2.43 bits per heavy atom. The average molecular weight is 186 g/mol. The van der Waals surface area contributed by atoms with Crippen LogP contribution < -0.4 is 0 Å². The van der Waals surface area contributed by atoms with Crippen molar-refractivity contribution in [1.29, 1.82) is 0 Å². The highest BCUT2D eigenvalue weighted by molar-refractivity contribution is 5.73. The molecule has 1 rings (SSSR count). The molecule has 0 saturated heterocycles. The van der Waals surface area contributed by atoms with Crippen LogP contribution in [0.25, 0.3) is 0 Å². The van der Waals surface area contributed by atoms with E-state index < -0.39 is 0 Å². The molecule has 14 heavy (non-hydrogen) atoms. The van der Waals surface area contributed by atoms with Crippen LogP contribution in [0.15, 0.2) is 41.3 Å². The van der Waals surface area contributed by atoms with Gasteiger partial charge < -0.3 is 0 Å². The smallest absolute Gasteiger partial charge is 0.111 e. The Bertz CT molecular complexity index is 351. The van der Waals surface area contributed by atoms with Gasteiger partial charge >= 0.3 is 0 Å². The van der Waals surface area contributed by atoms with Gasteiger partial charge in [-0.15, -0.1) is 6.42 Å². The molecule has 0 atom stereocenters. The third-order valence-corrected chi connectivity index (χ3v) is 1.70. The molecule has 0 fully saturated rings. The molecule has 72 valence electrons. The van der Waals surface area contributed by atoms with Crippen LogP contribution in [-0.4, -0.2) is 11.2 Å². The standard InChI is InChI=1S/C12H14N2/c1-5-12(9-10(2)3)14-11(4)7-6-8-13-14/h1,6-10H,4H2,2-3H3/b12-9-. The fraction of sp³-hybridized carbons (Fsp3) is 0.250. The second-order valence-electron chi connectivity index (χ2n) is 3.37. The molecule has 0 saturated carbocycles. The van der Waals surface area contributed by atoms with Crippen LogP contribution in [0.2, 0.25) is 0 Å². The van der Waals surface area contributed by atoms with Crippen molar-refractivity contribution < 1.29 is 0 Å². The van der Waals surface area contributed by atoms with Crippen molar-refractivity contribution in [2.45, 2.75) is 13.8 Å². The molecular weight excluding hydrogens is 172 g/mol. The fourth-order valence-electron chi connectivity index (χ4n) is 1.12. The van der Waals surface area contributed by atoms with Crippen molar-refractivity contribution in [2.75, 3.05) is 0 Å². The summed E-state index contributed by atoms with van der Waals surface area (Å²) < 4.78 is 0. The van der Waals surface area contributed by atoms with Crippen molar-refractivity contribution in [2.24, 2.45) is 11.0 Å². The van der Waals surface area contributed by atoms with Crippen LogP contribution in [0, 0.1) is 18.3 Å². The highest BCUT2D eigenvalue weighted by Gasteiger charge is 2.09. The minimum absolute atomic E-state index is 0.398. The van der Waals surface area contributed by atoms with E-state index in [0.29, 0.717) is 5.92 Å². The zero-order valence-electron chi connectivity index (χ0n) is 8.57. The lowest BCUT2D eigenvalue weighted by atomic mass is 10.2. The number of hydrazone groups is 1. The molecule has 0 aromatic carbocycles. The summed E-state index contributed by atoms with van der Waals surface area (Å²) >= 11 is 0. The predicted octanol–water partition coefficient (Wildman–Crippen LogP) is 2.53. The lowest BCUT2D eigenvalue weighted by Gasteiger charge is -2.21. The first-order valence-electron chi connectivity index (χ1n) is 4.53. The number of nitrogens with zero attached hydrogens (tertiary/aromatic N) is 2. The molecule has 2 heteroatoms. The van der Waals surface area contributed by atoms with E-state index in [4.69, 9.17) is 6.42 Å². The zero-order chi connectivity index (χ0) is 10.6. The molecule has 0 N–H and O–H groups in total. The number of rotatable bonds is 2. The Kier molecular flexibility index (Phi) is 3.30. The van der Waals surface area contributed by atoms with Gasteiger partial charge in [-0.05, 0) is 24.1 Å². The minimum Gasteiger partial charge on any atom is -0.226 e. The number of allylic oxidation sites excluding steroid dienone is 4. The summed E-state index contributed by atoms with van der Waals surface area (Å²) in [7, 11) is 0. The minimum atomic E-state index is 0.398. The van der Waals surface area contributed by atoms with Crippen LogP contribution in [0.4, 0.5) is 0 Å². The van der Waals surface area contributed by atoms with Gasteiger partial charge in [-0.2, -0.15) is 5.10 Å². The first-order valence-corrected chi connectivity index (χ1v) is 4.53. The second-order valence-corrected chi connectivity index (χ2v) is 3.37. The van der Waals surface area contributed by atoms with Crippen LogP contribution in [0.3, 0.4) is 0 Å². The molecule has 1 aliphatic rings. The molecular formula is C12H14N2. The summed E-state index contributed by atoms with van der Waals surface area (Å²) in [5, 5.41) is 5.81. The molecule has 1 aliphatic heterocycles. The quantitative estimate of drug-likeness (QED) is 0.605. The Labute approximate surface area is 85.3 Å².